The first-order valence-electron chi connectivity index (χ1n) is 9.04. The average molecular weight is 359 g/mol. The molecule has 3 aromatic carbocycles. The van der Waals surface area contributed by atoms with Crippen LogP contribution in [0.25, 0.3) is 0 Å². The molecule has 4 nitrogen and oxygen atoms in total. The average Bonchev–Trinajstić information content (AvgIpc) is 2.69. The lowest BCUT2D eigenvalue weighted by molar-refractivity contribution is -0.123. The van der Waals surface area contributed by atoms with Crippen LogP contribution >= 0.6 is 0 Å². The van der Waals surface area contributed by atoms with Crippen molar-refractivity contribution in [3.63, 3.8) is 0 Å². The maximum absolute atomic E-state index is 13.2. The largest absolute Gasteiger partial charge is 0.508 e. The van der Waals surface area contributed by atoms with Crippen molar-refractivity contribution in [1.82, 2.24) is 5.32 Å². The molecule has 3 atom stereocenters. The molecule has 0 aliphatic carbocycles. The maximum atomic E-state index is 13.2. The van der Waals surface area contributed by atoms with E-state index in [1.807, 2.05) is 54.6 Å². The van der Waals surface area contributed by atoms with Gasteiger partial charge in [0.25, 0.3) is 0 Å². The highest BCUT2D eigenvalue weighted by atomic mass is 16.3. The molecule has 1 aliphatic heterocycles. The minimum atomic E-state index is -0.401. The van der Waals surface area contributed by atoms with E-state index in [1.54, 1.807) is 24.3 Å². The van der Waals surface area contributed by atoms with Crippen molar-refractivity contribution >= 4 is 5.78 Å². The lowest BCUT2D eigenvalue weighted by Crippen LogP contribution is -2.41. The Balaban J connectivity index is 1.79. The zero-order chi connectivity index (χ0) is 18.8. The van der Waals surface area contributed by atoms with Crippen LogP contribution in [-0.4, -0.2) is 16.0 Å². The van der Waals surface area contributed by atoms with Gasteiger partial charge in [0, 0.05) is 23.6 Å². The van der Waals surface area contributed by atoms with Crippen LogP contribution in [0.15, 0.2) is 78.9 Å². The number of aromatic hydroxyl groups is 2. The van der Waals surface area contributed by atoms with Crippen molar-refractivity contribution in [3.8, 4) is 11.5 Å². The Morgan fingerprint density at radius 1 is 0.741 bits per heavy atom. The second-order valence-corrected chi connectivity index (χ2v) is 6.87. The first kappa shape index (κ1) is 17.3. The highest BCUT2D eigenvalue weighted by Crippen LogP contribution is 2.44. The van der Waals surface area contributed by atoms with E-state index in [0.29, 0.717) is 11.1 Å². The second-order valence-electron chi connectivity index (χ2n) is 6.87. The molecule has 1 heterocycles. The second kappa shape index (κ2) is 7.25. The van der Waals surface area contributed by atoms with Crippen LogP contribution < -0.4 is 5.32 Å². The number of Topliss-reactive ketones (excluding diaryl/α,β-unsaturated/α-hetero) is 1. The lowest BCUT2D eigenvalue weighted by atomic mass is 9.77. The van der Waals surface area contributed by atoms with Gasteiger partial charge in [-0.15, -0.1) is 0 Å². The highest BCUT2D eigenvalue weighted by Gasteiger charge is 2.40. The van der Waals surface area contributed by atoms with Crippen molar-refractivity contribution < 1.29 is 15.0 Å². The van der Waals surface area contributed by atoms with Gasteiger partial charge in [0.2, 0.25) is 0 Å². The summed E-state index contributed by atoms with van der Waals surface area (Å²) in [7, 11) is 0. The van der Waals surface area contributed by atoms with Gasteiger partial charge < -0.3 is 15.5 Å². The van der Waals surface area contributed by atoms with Crippen molar-refractivity contribution in [2.24, 2.45) is 0 Å². The van der Waals surface area contributed by atoms with Crippen LogP contribution in [0.2, 0.25) is 0 Å². The van der Waals surface area contributed by atoms with Crippen LogP contribution in [0.1, 0.15) is 41.1 Å². The van der Waals surface area contributed by atoms with Crippen molar-refractivity contribution in [1.29, 1.82) is 0 Å². The number of carbonyl (C=O) groups is 1. The molecule has 0 amide bonds. The number of rotatable bonds is 3. The minimum absolute atomic E-state index is 0.0847. The van der Waals surface area contributed by atoms with Crippen LogP contribution in [0, 0.1) is 0 Å². The lowest BCUT2D eigenvalue weighted by Gasteiger charge is -2.37. The SMILES string of the molecule is O=C1CC(c2ccccc2O)NC(c2ccccc2O)C1c1ccccc1. The summed E-state index contributed by atoms with van der Waals surface area (Å²) in [6.45, 7) is 0. The number of piperidine rings is 1. The first-order valence-corrected chi connectivity index (χ1v) is 9.04. The third-order valence-electron chi connectivity index (χ3n) is 5.21. The maximum Gasteiger partial charge on any atom is 0.144 e. The number of phenols is 2. The Kier molecular flexibility index (Phi) is 4.65. The Morgan fingerprint density at radius 3 is 1.93 bits per heavy atom. The summed E-state index contributed by atoms with van der Waals surface area (Å²) in [6, 6.07) is 23.1. The number of nitrogens with one attached hydrogen (secondary N) is 1. The van der Waals surface area contributed by atoms with Gasteiger partial charge in [-0.1, -0.05) is 66.7 Å². The van der Waals surface area contributed by atoms with Crippen LogP contribution in [-0.2, 0) is 4.79 Å². The number of carbonyl (C=O) groups excluding carboxylic acids is 1. The number of para-hydroxylation sites is 2. The molecule has 0 saturated carbocycles. The molecule has 4 rings (SSSR count). The fourth-order valence-corrected chi connectivity index (χ4v) is 3.93. The summed E-state index contributed by atoms with van der Waals surface area (Å²) >= 11 is 0. The quantitative estimate of drug-likeness (QED) is 0.655. The number of benzene rings is 3. The fraction of sp³-hybridized carbons (Fsp3) is 0.174. The topological polar surface area (TPSA) is 69.6 Å². The van der Waals surface area contributed by atoms with E-state index >= 15 is 0 Å². The summed E-state index contributed by atoms with van der Waals surface area (Å²) in [5.74, 6) is 0.00159. The predicted octanol–water partition coefficient (Wildman–Crippen LogP) is 4.23. The third kappa shape index (κ3) is 3.32. The molecule has 136 valence electrons. The summed E-state index contributed by atoms with van der Waals surface area (Å²) in [6.07, 6.45) is 0.279. The standard InChI is InChI=1S/C23H21NO3/c25-19-12-6-4-10-16(19)18-14-21(27)22(15-8-2-1-3-9-15)23(24-18)17-11-5-7-13-20(17)26/h1-13,18,22-26H,14H2. The van der Waals surface area contributed by atoms with Crippen LogP contribution in [0.4, 0.5) is 0 Å². The third-order valence-corrected chi connectivity index (χ3v) is 5.21. The molecular formula is C23H21NO3. The van der Waals surface area contributed by atoms with Gasteiger partial charge >= 0.3 is 0 Å². The Morgan fingerprint density at radius 2 is 1.30 bits per heavy atom. The van der Waals surface area contributed by atoms with E-state index in [-0.39, 0.29) is 35.8 Å². The van der Waals surface area contributed by atoms with Gasteiger partial charge in [-0.2, -0.15) is 0 Å². The molecule has 3 unspecified atom stereocenters. The first-order chi connectivity index (χ1) is 13.1. The molecule has 3 aromatic rings. The van der Waals surface area contributed by atoms with Gasteiger partial charge in [0.15, 0.2) is 0 Å². The number of hydrogen-bond acceptors (Lipinski definition) is 4. The molecule has 1 saturated heterocycles. The summed E-state index contributed by atoms with van der Waals surface area (Å²) in [5.41, 5.74) is 2.29. The van der Waals surface area contributed by atoms with Crippen molar-refractivity contribution in [2.45, 2.75) is 24.4 Å². The van der Waals surface area contributed by atoms with Gasteiger partial charge in [0.1, 0.15) is 17.3 Å². The van der Waals surface area contributed by atoms with E-state index in [2.05, 4.69) is 5.32 Å². The van der Waals surface area contributed by atoms with Gasteiger partial charge in [-0.25, -0.2) is 0 Å². The fourth-order valence-electron chi connectivity index (χ4n) is 3.93. The van der Waals surface area contributed by atoms with E-state index in [4.69, 9.17) is 0 Å². The molecular weight excluding hydrogens is 338 g/mol. The molecule has 1 fully saturated rings. The van der Waals surface area contributed by atoms with E-state index < -0.39 is 5.92 Å². The molecule has 3 N–H and O–H groups in total. The number of phenolic OH excluding ortho intramolecular Hbond substituents is 2. The van der Waals surface area contributed by atoms with Gasteiger partial charge in [0.05, 0.1) is 12.0 Å². The molecule has 4 heteroatoms. The zero-order valence-corrected chi connectivity index (χ0v) is 14.7. The smallest absolute Gasteiger partial charge is 0.144 e. The van der Waals surface area contributed by atoms with E-state index in [0.717, 1.165) is 5.56 Å². The molecule has 0 aromatic heterocycles. The van der Waals surface area contributed by atoms with E-state index in [9.17, 15) is 15.0 Å². The minimum Gasteiger partial charge on any atom is -0.508 e. The Hall–Kier alpha value is -3.11. The summed E-state index contributed by atoms with van der Waals surface area (Å²) < 4.78 is 0. The number of ketones is 1. The summed E-state index contributed by atoms with van der Waals surface area (Å²) in [5, 5.41) is 24.2. The van der Waals surface area contributed by atoms with Gasteiger partial charge in [-0.05, 0) is 17.7 Å². The Bertz CT molecular complexity index is 955. The van der Waals surface area contributed by atoms with Crippen molar-refractivity contribution in [3.05, 3.63) is 95.6 Å². The summed E-state index contributed by atoms with van der Waals surface area (Å²) in [4.78, 5) is 13.2. The Labute approximate surface area is 158 Å². The molecule has 0 spiro atoms. The molecule has 0 radical (unpaired) electrons. The predicted molar refractivity (Wildman–Crippen MR) is 104 cm³/mol. The normalized spacial score (nSPS) is 22.5. The molecule has 1 aliphatic rings. The van der Waals surface area contributed by atoms with Crippen LogP contribution in [0.3, 0.4) is 0 Å². The zero-order valence-electron chi connectivity index (χ0n) is 14.7. The monoisotopic (exact) mass is 359 g/mol. The van der Waals surface area contributed by atoms with Crippen LogP contribution in [0.5, 0.6) is 11.5 Å². The van der Waals surface area contributed by atoms with Gasteiger partial charge in [-0.3, -0.25) is 4.79 Å². The van der Waals surface area contributed by atoms with Crippen molar-refractivity contribution in [2.75, 3.05) is 0 Å². The highest BCUT2D eigenvalue weighted by molar-refractivity contribution is 5.88. The molecule has 27 heavy (non-hydrogen) atoms. The van der Waals surface area contributed by atoms with E-state index in [1.165, 1.54) is 0 Å². The molecule has 0 bridgehead atoms. The number of hydrogen-bond donors (Lipinski definition) is 3.